The number of allylic oxidation sites excluding steroid dienone is 17. The van der Waals surface area contributed by atoms with Gasteiger partial charge in [-0.1, -0.05) is 145 Å². The molecule has 0 N–H and O–H groups in total. The third-order valence-corrected chi connectivity index (χ3v) is 16.0. The molecule has 0 unspecified atom stereocenters. The van der Waals surface area contributed by atoms with Gasteiger partial charge in [0, 0.05) is 79.0 Å². The van der Waals surface area contributed by atoms with Crippen LogP contribution in [0.2, 0.25) is 0 Å². The Morgan fingerprint density at radius 1 is 0.403 bits per heavy atom. The molecular formula is C90H65N11O18. The number of nitriles is 2. The van der Waals surface area contributed by atoms with E-state index in [-0.39, 0.29) is 143 Å². The van der Waals surface area contributed by atoms with E-state index in [1.807, 2.05) is 54.4 Å². The van der Waals surface area contributed by atoms with Crippen molar-refractivity contribution < 1.29 is 82.4 Å². The molecule has 0 spiro atoms. The number of ether oxygens (including phenoxy) is 3. The van der Waals surface area contributed by atoms with Crippen molar-refractivity contribution in [3.63, 3.8) is 0 Å². The smallest absolute Gasteiger partial charge is 0.373 e. The molecule has 29 nitrogen and oxygen atoms in total. The lowest BCUT2D eigenvalue weighted by atomic mass is 9.99. The number of hydrogen-bond acceptors (Lipinski definition) is 20. The molecule has 6 aliphatic rings. The molecule has 0 heterocycles. The van der Waals surface area contributed by atoms with Gasteiger partial charge in [-0.2, -0.15) is 28.8 Å². The van der Waals surface area contributed by atoms with Gasteiger partial charge in [0.1, 0.15) is 0 Å². The van der Waals surface area contributed by atoms with Crippen LogP contribution in [-0.2, 0) is 52.6 Å². The first-order chi connectivity index (χ1) is 54.3. The van der Waals surface area contributed by atoms with E-state index < -0.39 is 10.9 Å². The number of nitrogens with zero attached hydrogens (tertiary/aromatic N) is 11. The number of methoxy groups -OCH3 is 3. The van der Waals surface area contributed by atoms with Crippen molar-refractivity contribution in [2.75, 3.05) is 21.3 Å². The fourth-order valence-electron chi connectivity index (χ4n) is 11.0. The summed E-state index contributed by atoms with van der Waals surface area (Å²) in [6, 6.07) is 43.3. The summed E-state index contributed by atoms with van der Waals surface area (Å²) in [5, 5.41) is 90.0. The van der Waals surface area contributed by atoms with Crippen molar-refractivity contribution in [2.24, 2.45) is 0 Å². The van der Waals surface area contributed by atoms with E-state index in [9.17, 15) is 44.6 Å². The summed E-state index contributed by atoms with van der Waals surface area (Å²) in [6.45, 7) is 40.0. The molecule has 119 heavy (non-hydrogen) atoms. The van der Waals surface area contributed by atoms with E-state index in [1.165, 1.54) is 57.8 Å². The molecule has 0 fully saturated rings. The second-order valence-corrected chi connectivity index (χ2v) is 21.8. The van der Waals surface area contributed by atoms with Gasteiger partial charge in [-0.3, -0.25) is 37.3 Å². The van der Waals surface area contributed by atoms with Gasteiger partial charge in [-0.05, 0) is 158 Å². The zero-order valence-corrected chi connectivity index (χ0v) is 65.5. The topological polar surface area (TPSA) is 447 Å². The van der Waals surface area contributed by atoms with Crippen LogP contribution in [0, 0.1) is 110 Å². The number of fused-ring (bicyclic) bond motifs is 6. The minimum absolute atomic E-state index is 0. The van der Waals surface area contributed by atoms with E-state index in [0.29, 0.717) is 89.1 Å². The number of rotatable bonds is 8. The Labute approximate surface area is 687 Å². The minimum atomic E-state index is -0.594. The summed E-state index contributed by atoms with van der Waals surface area (Å²) in [5.74, 6) is 3.66. The second-order valence-electron chi connectivity index (χ2n) is 21.8. The quantitative estimate of drug-likeness (QED) is 0.0200. The molecule has 6 aliphatic carbocycles. The Morgan fingerprint density at radius 3 is 1.04 bits per heavy atom. The second kappa shape index (κ2) is 51.0. The summed E-state index contributed by atoms with van der Waals surface area (Å²) in [4.78, 5) is 120. The van der Waals surface area contributed by atoms with Crippen LogP contribution in [0.15, 0.2) is 227 Å². The molecule has 0 amide bonds. The number of carbonyl (C=O) groups is 4. The van der Waals surface area contributed by atoms with Gasteiger partial charge in [0.2, 0.25) is 17.1 Å². The highest BCUT2D eigenvalue weighted by molar-refractivity contribution is 6.20. The Balaban J connectivity index is -0.00000133. The first-order valence-electron chi connectivity index (χ1n) is 31.3. The van der Waals surface area contributed by atoms with Crippen molar-refractivity contribution in [2.45, 2.75) is 20.8 Å². The first-order valence-corrected chi connectivity index (χ1v) is 31.3. The molecule has 6 aromatic rings. The summed E-state index contributed by atoms with van der Waals surface area (Å²) < 4.78 is 14.2. The lowest BCUT2D eigenvalue weighted by Gasteiger charge is -2.15. The average Bonchev–Trinajstić information content (AvgIpc) is 1.64. The van der Waals surface area contributed by atoms with Crippen LogP contribution in [0.3, 0.4) is 0 Å². The fraction of sp³-hybridized carbons (Fsp3) is 0.0667. The van der Waals surface area contributed by atoms with E-state index in [4.69, 9.17) is 97.9 Å². The highest BCUT2D eigenvalue weighted by atomic mass is 16.6. The van der Waals surface area contributed by atoms with Crippen molar-refractivity contribution in [1.82, 2.24) is 0 Å². The van der Waals surface area contributed by atoms with Gasteiger partial charge in [-0.25, -0.2) is 44.3 Å². The van der Waals surface area contributed by atoms with Crippen LogP contribution in [-0.4, -0.2) is 85.8 Å². The SMILES string of the molecule is COC(=O)/C(C)=C1\C=C(C(C)=C([O-])OC)c2ccccc21.COC(=O)/C(C)=C1\C=C([O-])c2ccccc21.O=C1C=C([O-])c2ccccc21.O=C=O.O=C=O.O=C=O.[C-]#[N+]C(=C=[N-])C1=C/C(=C(\C#N)[N+]#[C-])c2cc([N+](=O)[O-])ccc21.[C-]#[N+]C(=C=[N-])C1=C/C(=C(\C#N)[N+]#[C-])c2ccccc21.[C-]#[N+]C(=C=[N-])C1=CC(=O)c2ccccc21.[CH3+].[CH3+].[CH3+].[CH3+].[CH3+].[CH3+]. The van der Waals surface area contributed by atoms with E-state index in [0.717, 1.165) is 33.9 Å². The summed E-state index contributed by atoms with van der Waals surface area (Å²) in [7, 11) is 4.03. The van der Waals surface area contributed by atoms with Crippen LogP contribution in [0.5, 0.6) is 0 Å². The molecule has 29 heteroatoms. The van der Waals surface area contributed by atoms with Gasteiger partial charge in [0.15, 0.2) is 11.6 Å². The van der Waals surface area contributed by atoms with Crippen molar-refractivity contribution in [1.29, 1.82) is 10.5 Å². The fourth-order valence-corrected chi connectivity index (χ4v) is 11.0. The van der Waals surface area contributed by atoms with Crippen molar-refractivity contribution in [3.05, 3.63) is 422 Å². The Morgan fingerprint density at radius 2 is 0.689 bits per heavy atom. The summed E-state index contributed by atoms with van der Waals surface area (Å²) in [6.07, 6.45) is 9.49. The van der Waals surface area contributed by atoms with Gasteiger partial charge < -0.3 is 45.8 Å². The number of esters is 2. The van der Waals surface area contributed by atoms with Crippen LogP contribution >= 0.6 is 0 Å². The molecule has 0 aromatic heterocycles. The summed E-state index contributed by atoms with van der Waals surface area (Å²) >= 11 is 0. The highest BCUT2D eigenvalue weighted by Crippen LogP contribution is 2.45. The Kier molecular flexibility index (Phi) is 44.9. The molecule has 0 saturated carbocycles. The Bertz CT molecular complexity index is 5900. The molecule has 0 saturated heterocycles. The number of nitro benzene ring substituents is 1. The maximum atomic E-state index is 11.8. The highest BCUT2D eigenvalue weighted by Gasteiger charge is 2.28. The molecule has 12 rings (SSSR count). The first kappa shape index (κ1) is 105. The monoisotopic (exact) mass is 1590 g/mol. The van der Waals surface area contributed by atoms with Crippen LogP contribution in [0.25, 0.3) is 96.6 Å². The number of ketones is 2. The van der Waals surface area contributed by atoms with E-state index in [1.54, 1.807) is 130 Å². The van der Waals surface area contributed by atoms with Crippen LogP contribution < -0.4 is 15.3 Å². The van der Waals surface area contributed by atoms with Crippen LogP contribution in [0.4, 0.5) is 5.69 Å². The van der Waals surface area contributed by atoms with E-state index in [2.05, 4.69) is 29.0 Å². The molecule has 0 bridgehead atoms. The number of hydrogen-bond donors (Lipinski definition) is 0. The number of carbonyl (C=O) groups excluding carboxylic acids is 10. The van der Waals surface area contributed by atoms with Gasteiger partial charge in [-0.15, -0.1) is 5.76 Å². The predicted octanol–water partition coefficient (Wildman–Crippen LogP) is 13.9. The molecular weight excluding hydrogens is 1520 g/mol. The van der Waals surface area contributed by atoms with E-state index >= 15 is 0 Å². The molecule has 0 radical (unpaired) electrons. The van der Waals surface area contributed by atoms with Gasteiger partial charge in [0.05, 0.1) is 70.1 Å². The lowest BCUT2D eigenvalue weighted by molar-refractivity contribution is -0.384. The van der Waals surface area contributed by atoms with Gasteiger partial charge >= 0.3 is 30.4 Å². The molecule has 0 atom stereocenters. The summed E-state index contributed by atoms with van der Waals surface area (Å²) in [5.41, 5.74) is 12.4. The normalized spacial score (nSPS) is 13.0. The zero-order valence-electron chi connectivity index (χ0n) is 65.5. The third kappa shape index (κ3) is 24.7. The third-order valence-electron chi connectivity index (χ3n) is 16.0. The maximum Gasteiger partial charge on any atom is 0.373 e. The molecule has 6 aromatic carbocycles. The van der Waals surface area contributed by atoms with Gasteiger partial charge in [0.25, 0.3) is 17.1 Å². The Hall–Kier alpha value is -18.5. The zero-order chi connectivity index (χ0) is 84.2. The van der Waals surface area contributed by atoms with Crippen molar-refractivity contribution in [3.8, 4) is 12.1 Å². The number of benzene rings is 6. The van der Waals surface area contributed by atoms with Crippen molar-refractivity contribution >= 4 is 121 Å². The van der Waals surface area contributed by atoms with Crippen LogP contribution in [0.1, 0.15) is 97.1 Å². The number of nitro groups is 1. The minimum Gasteiger partial charge on any atom is -0.872 e. The largest absolute Gasteiger partial charge is 0.872 e. The maximum absolute atomic E-state index is 11.8. The molecule has 588 valence electrons. The molecule has 0 aliphatic heterocycles. The lowest BCUT2D eigenvalue weighted by Crippen LogP contribution is -2.08. The predicted molar refractivity (Wildman–Crippen MR) is 438 cm³/mol. The number of non-ortho nitro benzene ring substituents is 1. The standard InChI is InChI=1S/C17H18O4.C15H4N5O2.C15H5N4.C13H12O3.C12H5N2O.C9H6O2.3CO2.6CH3/c1-10(16(18)20-3)14-9-15(11(2)17(19)21-4)13-8-6-5-7-12(13)14;1-18-14(7-16)12-6-13(15(8-17)19-2)11-5-9(20(21)22)3-4-10(11)12;1-18-14(8-16)12-7-13(15(9-17)19-2)11-6-4-3-5-10(11)12;1-8(13(15)16-2)11-7-12(14)10-6-4-3-5-9(10)11;1-14-11(7-13)10-6-12(15)9-5-3-2-4-8(9)10;10-8-5-9(11)7-4-2-1-3-6(7)8;3*2-1-3;;;;;;/h5-9,18H,1-4H3;3-6H;3-7H;3-7,14H,1-2H3;2-6H;1-5,10H;;;;6*1H3/q;2*-1;;-1;;;;;6*+1/p-3/b15-11+,16-10?;15-13-;14-12-;11-8+;;;;;;;;;;;. The average molecular weight is 1590 g/mol.